The van der Waals surface area contributed by atoms with E-state index in [1.165, 1.54) is 19.1 Å². The number of amides is 1. The normalized spacial score (nSPS) is 18.1. The minimum atomic E-state index is -3.40. The third kappa shape index (κ3) is 4.56. The predicted molar refractivity (Wildman–Crippen MR) is 140 cm³/mol. The summed E-state index contributed by atoms with van der Waals surface area (Å²) in [5, 5.41) is 0. The van der Waals surface area contributed by atoms with Crippen LogP contribution in [0.1, 0.15) is 65.6 Å². The highest BCUT2D eigenvalue weighted by molar-refractivity contribution is 7.90. The zero-order chi connectivity index (χ0) is 24.6. The van der Waals surface area contributed by atoms with Crippen molar-refractivity contribution in [2.75, 3.05) is 6.26 Å². The molecule has 0 saturated heterocycles. The topological polar surface area (TPSA) is 95.1 Å². The molecule has 1 amide bonds. The Labute approximate surface area is 221 Å². The summed E-state index contributed by atoms with van der Waals surface area (Å²) >= 11 is 0. The molecule has 2 N–H and O–H groups in total. The van der Waals surface area contributed by atoms with Crippen LogP contribution in [0, 0.1) is 11.8 Å². The van der Waals surface area contributed by atoms with Crippen molar-refractivity contribution in [3.05, 3.63) is 48.5 Å². The number of para-hydroxylation sites is 2. The molecule has 3 aromatic rings. The van der Waals surface area contributed by atoms with E-state index in [-0.39, 0.29) is 36.5 Å². The number of nitrogens with zero attached hydrogens (tertiary/aromatic N) is 2. The van der Waals surface area contributed by atoms with Gasteiger partial charge in [0, 0.05) is 11.8 Å². The number of nitrogens with two attached hydrogens (primary N) is 1. The Hall–Kier alpha value is -2.38. The fourth-order valence-corrected chi connectivity index (χ4v) is 7.42. The third-order valence-corrected chi connectivity index (χ3v) is 9.41. The van der Waals surface area contributed by atoms with Crippen molar-refractivity contribution < 1.29 is 27.0 Å². The second kappa shape index (κ2) is 10.5. The molecule has 36 heavy (non-hydrogen) atoms. The van der Waals surface area contributed by atoms with Crippen molar-refractivity contribution in [1.29, 1.82) is 0 Å². The Morgan fingerprint density at radius 1 is 0.944 bits per heavy atom. The van der Waals surface area contributed by atoms with Gasteiger partial charge >= 0.3 is 1.43 Å². The van der Waals surface area contributed by atoms with Gasteiger partial charge in [-0.05, 0) is 61.8 Å². The highest BCUT2D eigenvalue weighted by Gasteiger charge is 2.53. The number of hydrogen-bond acceptors (Lipinski definition) is 4. The number of fused-ring (bicyclic) bond motifs is 1. The molecule has 2 aliphatic rings. The Bertz CT molecular complexity index is 1330. The minimum absolute atomic E-state index is 0. The quantitative estimate of drug-likeness (QED) is 0.531. The number of benzene rings is 2. The van der Waals surface area contributed by atoms with E-state index >= 15 is 0 Å². The first-order chi connectivity index (χ1) is 16.8. The molecule has 5 rings (SSSR count). The minimum Gasteiger partial charge on any atom is -1.00 e. The summed E-state index contributed by atoms with van der Waals surface area (Å²) in [4.78, 5) is 19.1. The standard InChI is InChI=1S/C28H35N3O3S.ClH/c1-35(33,34)23-16-10-11-20(19-23)26-30-24-17-8-9-18-25(24)31(26)28(27(29)32,21-12-4-2-5-13-21)22-14-6-3-7-15-22;/h8-11,16-19,21-22H,2-7,12-15H2,1H3,(H2,29,32);1H. The first-order valence-corrected chi connectivity index (χ1v) is 14.8. The average Bonchev–Trinajstić information content (AvgIpc) is 3.25. The molecular weight excluding hydrogens is 494 g/mol. The van der Waals surface area contributed by atoms with Crippen molar-refractivity contribution in [2.24, 2.45) is 17.6 Å². The molecule has 0 atom stereocenters. The van der Waals surface area contributed by atoms with Crippen molar-refractivity contribution in [2.45, 2.75) is 74.6 Å². The SMILES string of the molecule is CS(=O)(=O)c1cccc(-c2nc3ccccc3n2C(C(N)=O)(C2CCCCC2)C2CCCCC2)c1.[Cl-].[H+]. The second-order valence-corrected chi connectivity index (χ2v) is 12.4. The predicted octanol–water partition coefficient (Wildman–Crippen LogP) is 2.56. The van der Waals surface area contributed by atoms with Crippen molar-refractivity contribution in [1.82, 2.24) is 9.55 Å². The van der Waals surface area contributed by atoms with Gasteiger partial charge in [-0.3, -0.25) is 4.79 Å². The van der Waals surface area contributed by atoms with Gasteiger partial charge in [-0.1, -0.05) is 62.8 Å². The van der Waals surface area contributed by atoms with Crippen LogP contribution >= 0.6 is 0 Å². The molecule has 2 aliphatic carbocycles. The highest BCUT2D eigenvalue weighted by atomic mass is 35.5. The highest BCUT2D eigenvalue weighted by Crippen LogP contribution is 2.50. The molecule has 2 aromatic carbocycles. The molecule has 2 fully saturated rings. The number of imidazole rings is 1. The van der Waals surface area contributed by atoms with Gasteiger partial charge in [-0.15, -0.1) is 0 Å². The first kappa shape index (κ1) is 26.7. The van der Waals surface area contributed by atoms with E-state index in [1.54, 1.807) is 18.2 Å². The summed E-state index contributed by atoms with van der Waals surface area (Å²) in [7, 11) is -3.40. The largest absolute Gasteiger partial charge is 1.00 e. The van der Waals surface area contributed by atoms with Crippen molar-refractivity contribution in [3.63, 3.8) is 0 Å². The summed E-state index contributed by atoms with van der Waals surface area (Å²) in [6, 6.07) is 14.8. The second-order valence-electron chi connectivity index (χ2n) is 10.4. The number of primary amides is 1. The molecule has 194 valence electrons. The van der Waals surface area contributed by atoms with Crippen LogP contribution in [-0.2, 0) is 20.2 Å². The van der Waals surface area contributed by atoms with Crippen LogP contribution in [0.5, 0.6) is 0 Å². The lowest BCUT2D eigenvalue weighted by atomic mass is 9.63. The van der Waals surface area contributed by atoms with Gasteiger partial charge in [-0.25, -0.2) is 13.4 Å². The van der Waals surface area contributed by atoms with E-state index in [0.717, 1.165) is 62.4 Å². The number of sulfone groups is 1. The van der Waals surface area contributed by atoms with E-state index in [0.29, 0.717) is 11.4 Å². The fourth-order valence-electron chi connectivity index (χ4n) is 6.76. The fraction of sp³-hybridized carbons (Fsp3) is 0.500. The summed E-state index contributed by atoms with van der Waals surface area (Å²) in [5.41, 5.74) is 7.97. The lowest BCUT2D eigenvalue weighted by Gasteiger charge is -2.48. The number of carbonyl (C=O) groups excluding carboxylic acids is 1. The summed E-state index contributed by atoms with van der Waals surface area (Å²) in [5.74, 6) is 0.615. The maximum atomic E-state index is 13.8. The lowest BCUT2D eigenvalue weighted by Crippen LogP contribution is -3.00. The molecule has 0 spiro atoms. The number of aromatic nitrogens is 2. The zero-order valence-electron chi connectivity index (χ0n) is 21.8. The third-order valence-electron chi connectivity index (χ3n) is 8.30. The molecule has 1 heterocycles. The number of halogens is 1. The van der Waals surface area contributed by atoms with Crippen molar-refractivity contribution >= 4 is 26.8 Å². The lowest BCUT2D eigenvalue weighted by molar-refractivity contribution is -0.135. The summed E-state index contributed by atoms with van der Waals surface area (Å²) in [6.07, 6.45) is 11.8. The maximum absolute atomic E-state index is 13.8. The summed E-state index contributed by atoms with van der Waals surface area (Å²) in [6.45, 7) is 0. The Balaban J connectivity index is 0.00000190. The van der Waals surface area contributed by atoms with Gasteiger partial charge in [-0.2, -0.15) is 0 Å². The Morgan fingerprint density at radius 3 is 2.08 bits per heavy atom. The van der Waals surface area contributed by atoms with Gasteiger partial charge < -0.3 is 22.7 Å². The van der Waals surface area contributed by atoms with Gasteiger partial charge in [0.05, 0.1) is 15.9 Å². The van der Waals surface area contributed by atoms with Crippen LogP contribution in [0.25, 0.3) is 22.4 Å². The van der Waals surface area contributed by atoms with E-state index < -0.39 is 15.4 Å². The number of rotatable bonds is 6. The molecular formula is C28H36ClN3O3S. The Kier molecular flexibility index (Phi) is 7.81. The number of hydrogen-bond donors (Lipinski definition) is 1. The van der Waals surface area contributed by atoms with Gasteiger partial charge in [0.15, 0.2) is 9.84 Å². The van der Waals surface area contributed by atoms with Crippen LogP contribution in [-0.4, -0.2) is 30.1 Å². The molecule has 0 unspecified atom stereocenters. The van der Waals surface area contributed by atoms with Crippen LogP contribution in [0.2, 0.25) is 0 Å². The molecule has 1 aromatic heterocycles. The summed E-state index contributed by atoms with van der Waals surface area (Å²) < 4.78 is 26.9. The average molecular weight is 530 g/mol. The maximum Gasteiger partial charge on any atom is 1.00 e. The number of carbonyl (C=O) groups is 1. The molecule has 0 aliphatic heterocycles. The van der Waals surface area contributed by atoms with Crippen LogP contribution in [0.15, 0.2) is 53.4 Å². The molecule has 0 bridgehead atoms. The van der Waals surface area contributed by atoms with Gasteiger partial charge in [0.2, 0.25) is 5.91 Å². The van der Waals surface area contributed by atoms with Crippen LogP contribution in [0.3, 0.4) is 0 Å². The van der Waals surface area contributed by atoms with E-state index in [2.05, 4.69) is 4.57 Å². The van der Waals surface area contributed by atoms with E-state index in [1.807, 2.05) is 30.3 Å². The first-order valence-electron chi connectivity index (χ1n) is 12.9. The molecule has 2 saturated carbocycles. The monoisotopic (exact) mass is 529 g/mol. The molecule has 6 nitrogen and oxygen atoms in total. The van der Waals surface area contributed by atoms with Crippen LogP contribution < -0.4 is 18.1 Å². The van der Waals surface area contributed by atoms with Crippen molar-refractivity contribution in [3.8, 4) is 11.4 Å². The van der Waals surface area contributed by atoms with E-state index in [4.69, 9.17) is 10.7 Å². The van der Waals surface area contributed by atoms with Gasteiger partial charge in [0.1, 0.15) is 11.4 Å². The van der Waals surface area contributed by atoms with E-state index in [9.17, 15) is 13.2 Å². The molecule has 0 radical (unpaired) electrons. The van der Waals surface area contributed by atoms with Crippen LogP contribution in [0.4, 0.5) is 0 Å². The molecule has 8 heteroatoms. The Morgan fingerprint density at radius 2 is 1.53 bits per heavy atom. The zero-order valence-corrected chi connectivity index (χ0v) is 22.4. The van der Waals surface area contributed by atoms with Gasteiger partial charge in [0.25, 0.3) is 0 Å². The smallest absolute Gasteiger partial charge is 1.00 e.